The fourth-order valence-electron chi connectivity index (χ4n) is 2.27. The Hall–Kier alpha value is -0.480. The fraction of sp³-hybridized carbons (Fsp3) is 1.00. The molecule has 4 nitrogen and oxygen atoms in total. The van der Waals surface area contributed by atoms with Crippen molar-refractivity contribution in [1.82, 2.24) is 0 Å². The molecule has 0 aliphatic carbocycles. The molecule has 0 aromatic rings. The minimum atomic E-state index is -6.12. The normalized spacial score (nSPS) is 37.3. The van der Waals surface area contributed by atoms with Crippen LogP contribution in [-0.4, -0.2) is 37.6 Å². The van der Waals surface area contributed by atoms with Gasteiger partial charge in [-0.15, -0.1) is 0 Å². The Labute approximate surface area is 107 Å². The van der Waals surface area contributed by atoms with Gasteiger partial charge in [-0.25, -0.2) is 4.39 Å². The molecule has 1 aliphatic rings. The summed E-state index contributed by atoms with van der Waals surface area (Å²) in [5, 5.41) is 0. The van der Waals surface area contributed by atoms with Gasteiger partial charge < -0.3 is 0 Å². The summed E-state index contributed by atoms with van der Waals surface area (Å²) in [5.41, 5.74) is -5.74. The van der Waals surface area contributed by atoms with Crippen molar-refractivity contribution in [3.63, 3.8) is 0 Å². The van der Waals surface area contributed by atoms with Crippen LogP contribution in [-0.2, 0) is 14.4 Å². The van der Waals surface area contributed by atoms with Crippen molar-refractivity contribution in [2.45, 2.75) is 44.3 Å². The van der Waals surface area contributed by atoms with Gasteiger partial charge in [-0.3, -0.25) is 0 Å². The maximum Gasteiger partial charge on any atom is 0.528 e. The zero-order chi connectivity index (χ0) is 15.1. The summed E-state index contributed by atoms with van der Waals surface area (Å²) in [6, 6.07) is -2.79. The van der Waals surface area contributed by atoms with Crippen molar-refractivity contribution in [1.29, 1.82) is 0 Å². The quantitative estimate of drug-likeness (QED) is 0.457. The SMILES string of the molecule is CC1CC(C)[N+](F)(OS(=O)(=O)C(F)(F)F)C(CF)C1. The Kier molecular flexibility index (Phi) is 4.48. The maximum absolute atomic E-state index is 14.4. The molecule has 1 saturated heterocycles. The average Bonchev–Trinajstić information content (AvgIpc) is 2.21. The lowest BCUT2D eigenvalue weighted by Crippen LogP contribution is -2.60. The summed E-state index contributed by atoms with van der Waals surface area (Å²) < 4.78 is 89.3. The fourth-order valence-corrected chi connectivity index (χ4v) is 2.93. The summed E-state index contributed by atoms with van der Waals surface area (Å²) in [6.07, 6.45) is 0.00505. The number of alkyl halides is 4. The summed E-state index contributed by atoms with van der Waals surface area (Å²) >= 11 is 0. The topological polar surface area (TPSA) is 43.4 Å². The summed E-state index contributed by atoms with van der Waals surface area (Å²) in [5.74, 6) is -0.130. The smallest absolute Gasteiger partial charge is 0.244 e. The van der Waals surface area contributed by atoms with Crippen LogP contribution < -0.4 is 0 Å². The molecule has 1 aliphatic heterocycles. The minimum Gasteiger partial charge on any atom is -0.244 e. The Bertz CT molecular complexity index is 426. The van der Waals surface area contributed by atoms with Crippen LogP contribution in [0.3, 0.4) is 0 Å². The number of rotatable bonds is 3. The Morgan fingerprint density at radius 2 is 1.79 bits per heavy atom. The van der Waals surface area contributed by atoms with Gasteiger partial charge in [-0.2, -0.15) is 21.6 Å². The highest BCUT2D eigenvalue weighted by Crippen LogP contribution is 2.39. The first-order chi connectivity index (χ1) is 8.44. The van der Waals surface area contributed by atoms with Crippen LogP contribution >= 0.6 is 0 Å². The van der Waals surface area contributed by atoms with Gasteiger partial charge in [-0.05, 0) is 17.1 Å². The van der Waals surface area contributed by atoms with Gasteiger partial charge in [0.25, 0.3) is 0 Å². The highest BCUT2D eigenvalue weighted by Gasteiger charge is 2.61. The molecule has 10 heteroatoms. The average molecular weight is 312 g/mol. The minimum absolute atomic E-state index is 0.0925. The highest BCUT2D eigenvalue weighted by atomic mass is 32.2. The second-order valence-corrected chi connectivity index (χ2v) is 6.35. The highest BCUT2D eigenvalue weighted by molar-refractivity contribution is 7.87. The zero-order valence-corrected chi connectivity index (χ0v) is 11.1. The van der Waals surface area contributed by atoms with Crippen molar-refractivity contribution >= 4 is 10.1 Å². The molecular formula is C9H15F5NO3S+. The van der Waals surface area contributed by atoms with Crippen LogP contribution in [0.25, 0.3) is 0 Å². The van der Waals surface area contributed by atoms with E-state index in [1.807, 2.05) is 0 Å². The van der Waals surface area contributed by atoms with E-state index >= 15 is 0 Å². The van der Waals surface area contributed by atoms with Crippen molar-refractivity contribution in [3.8, 4) is 0 Å². The van der Waals surface area contributed by atoms with Crippen LogP contribution in [0.5, 0.6) is 0 Å². The second kappa shape index (κ2) is 5.13. The summed E-state index contributed by atoms with van der Waals surface area (Å²) in [4.78, 5) is -2.40. The molecule has 114 valence electrons. The van der Waals surface area contributed by atoms with Crippen molar-refractivity contribution in [2.24, 2.45) is 5.92 Å². The van der Waals surface area contributed by atoms with Crippen molar-refractivity contribution in [3.05, 3.63) is 0 Å². The van der Waals surface area contributed by atoms with Crippen LogP contribution in [0.4, 0.5) is 22.0 Å². The van der Waals surface area contributed by atoms with E-state index in [1.165, 1.54) is 6.92 Å². The van der Waals surface area contributed by atoms with E-state index in [0.29, 0.717) is 0 Å². The van der Waals surface area contributed by atoms with Gasteiger partial charge >= 0.3 is 15.6 Å². The molecule has 0 amide bonds. The van der Waals surface area contributed by atoms with E-state index in [-0.39, 0.29) is 18.8 Å². The van der Waals surface area contributed by atoms with Crippen molar-refractivity contribution < 1.29 is 39.6 Å². The third kappa shape index (κ3) is 3.16. The van der Waals surface area contributed by atoms with E-state index in [9.17, 15) is 30.5 Å². The predicted molar refractivity (Wildman–Crippen MR) is 55.1 cm³/mol. The standard InChI is InChI=1S/C9H15F5NO3S/c1-6-3-7(2)15(14,8(4-6)5-10)18-19(16,17)9(11,12)13/h6-8H,3-5H2,1-2H3/q+1. The molecule has 0 aromatic carbocycles. The van der Waals surface area contributed by atoms with Gasteiger partial charge in [0.2, 0.25) is 0 Å². The van der Waals surface area contributed by atoms with Gasteiger partial charge in [-0.1, -0.05) is 6.92 Å². The van der Waals surface area contributed by atoms with E-state index in [4.69, 9.17) is 0 Å². The molecule has 4 atom stereocenters. The molecule has 1 heterocycles. The Balaban J connectivity index is 3.07. The van der Waals surface area contributed by atoms with Crippen LogP contribution in [0, 0.1) is 5.92 Å². The lowest BCUT2D eigenvalue weighted by molar-refractivity contribution is -1.22. The number of halogens is 5. The van der Waals surface area contributed by atoms with Gasteiger partial charge in [0.1, 0.15) is 6.67 Å². The largest absolute Gasteiger partial charge is 0.528 e. The molecule has 0 bridgehead atoms. The summed E-state index contributed by atoms with van der Waals surface area (Å²) in [7, 11) is -6.12. The number of hydroxylamine groups is 2. The number of hydrogen-bond acceptors (Lipinski definition) is 3. The lowest BCUT2D eigenvalue weighted by Gasteiger charge is -2.39. The van der Waals surface area contributed by atoms with Crippen LogP contribution in [0.1, 0.15) is 26.7 Å². The van der Waals surface area contributed by atoms with Gasteiger partial charge in [0, 0.05) is 22.2 Å². The number of nitrogens with zero attached hydrogens (tertiary/aromatic N) is 1. The lowest BCUT2D eigenvalue weighted by atomic mass is 9.90. The Morgan fingerprint density at radius 1 is 1.26 bits per heavy atom. The molecule has 1 fully saturated rings. The van der Waals surface area contributed by atoms with Gasteiger partial charge in [0.15, 0.2) is 12.1 Å². The first-order valence-corrected chi connectivity index (χ1v) is 7.01. The number of hydrogen-bond donors (Lipinski definition) is 0. The number of piperidine rings is 1. The monoisotopic (exact) mass is 312 g/mol. The molecular weight excluding hydrogens is 297 g/mol. The molecule has 0 aromatic heterocycles. The predicted octanol–water partition coefficient (Wildman–Crippen LogP) is 2.63. The molecule has 0 saturated carbocycles. The van der Waals surface area contributed by atoms with Crippen LogP contribution in [0.2, 0.25) is 0 Å². The first kappa shape index (κ1) is 16.6. The molecule has 4 unspecified atom stereocenters. The molecule has 0 radical (unpaired) electrons. The first-order valence-electron chi connectivity index (χ1n) is 5.60. The van der Waals surface area contributed by atoms with E-state index in [2.05, 4.69) is 4.28 Å². The number of quaternary nitrogens is 1. The van der Waals surface area contributed by atoms with Crippen LogP contribution in [0.15, 0.2) is 0 Å². The zero-order valence-electron chi connectivity index (χ0n) is 10.3. The molecule has 0 spiro atoms. The Morgan fingerprint density at radius 3 is 2.21 bits per heavy atom. The molecule has 19 heavy (non-hydrogen) atoms. The maximum atomic E-state index is 14.4. The third-order valence-corrected chi connectivity index (χ3v) is 4.18. The van der Waals surface area contributed by atoms with Crippen molar-refractivity contribution in [2.75, 3.05) is 6.67 Å². The molecule has 0 N–H and O–H groups in total. The molecule has 1 rings (SSSR count). The van der Waals surface area contributed by atoms with Gasteiger partial charge in [0.05, 0.1) is 0 Å². The van der Waals surface area contributed by atoms with E-state index in [1.54, 1.807) is 6.92 Å². The third-order valence-electron chi connectivity index (χ3n) is 3.19. The summed E-state index contributed by atoms with van der Waals surface area (Å²) in [6.45, 7) is 1.56. The second-order valence-electron chi connectivity index (χ2n) is 4.83. The van der Waals surface area contributed by atoms with E-state index in [0.717, 1.165) is 0 Å². The van der Waals surface area contributed by atoms with E-state index < -0.39 is 39.3 Å².